The zero-order valence-corrected chi connectivity index (χ0v) is 8.09. The Bertz CT molecular complexity index is 343. The molecule has 0 atom stereocenters. The Labute approximate surface area is 85.7 Å². The fraction of sp³-hybridized carbons (Fsp3) is 0.500. The third kappa shape index (κ3) is 2.22. The smallest absolute Gasteiger partial charge is 0.370 e. The van der Waals surface area contributed by atoms with Gasteiger partial charge in [-0.3, -0.25) is 4.98 Å². The zero-order chi connectivity index (χ0) is 10.9. The first-order valence-electron chi connectivity index (χ1n) is 4.84. The van der Waals surface area contributed by atoms with E-state index in [4.69, 9.17) is 0 Å². The van der Waals surface area contributed by atoms with E-state index >= 15 is 0 Å². The SMILES string of the molecule is FC(F)(F)c1cncc(N2CCCC2)c1. The Balaban J connectivity index is 2.26. The number of hydrogen-bond acceptors (Lipinski definition) is 2. The van der Waals surface area contributed by atoms with Crippen LogP contribution in [0.15, 0.2) is 18.5 Å². The molecule has 0 aliphatic carbocycles. The predicted octanol–water partition coefficient (Wildman–Crippen LogP) is 2.70. The van der Waals surface area contributed by atoms with Crippen LogP contribution in [0.1, 0.15) is 18.4 Å². The molecule has 1 saturated heterocycles. The summed E-state index contributed by atoms with van der Waals surface area (Å²) < 4.78 is 37.2. The standard InChI is InChI=1S/C10H11F3N2/c11-10(12,13)8-5-9(7-14-6-8)15-3-1-2-4-15/h5-7H,1-4H2. The van der Waals surface area contributed by atoms with Crippen LogP contribution in [0.25, 0.3) is 0 Å². The molecule has 0 spiro atoms. The first kappa shape index (κ1) is 10.3. The quantitative estimate of drug-likeness (QED) is 0.717. The summed E-state index contributed by atoms with van der Waals surface area (Å²) in [6.07, 6.45) is 0.120. The van der Waals surface area contributed by atoms with E-state index in [0.717, 1.165) is 38.2 Å². The molecule has 1 aliphatic heterocycles. The van der Waals surface area contributed by atoms with Crippen LogP contribution in [-0.4, -0.2) is 18.1 Å². The van der Waals surface area contributed by atoms with Crippen molar-refractivity contribution in [3.05, 3.63) is 24.0 Å². The van der Waals surface area contributed by atoms with E-state index in [0.29, 0.717) is 5.69 Å². The average Bonchev–Trinajstić information content (AvgIpc) is 2.69. The molecule has 82 valence electrons. The fourth-order valence-electron chi connectivity index (χ4n) is 1.73. The maximum atomic E-state index is 12.4. The molecule has 0 unspecified atom stereocenters. The Morgan fingerprint density at radius 3 is 2.40 bits per heavy atom. The molecule has 1 aromatic heterocycles. The first-order valence-corrected chi connectivity index (χ1v) is 4.84. The van der Waals surface area contributed by atoms with Crippen molar-refractivity contribution in [3.63, 3.8) is 0 Å². The highest BCUT2D eigenvalue weighted by Gasteiger charge is 2.31. The maximum absolute atomic E-state index is 12.4. The summed E-state index contributed by atoms with van der Waals surface area (Å²) in [7, 11) is 0. The molecule has 2 heterocycles. The molecule has 15 heavy (non-hydrogen) atoms. The van der Waals surface area contributed by atoms with Gasteiger partial charge in [0.1, 0.15) is 0 Å². The second-order valence-electron chi connectivity index (χ2n) is 3.62. The van der Waals surface area contributed by atoms with E-state index in [-0.39, 0.29) is 0 Å². The maximum Gasteiger partial charge on any atom is 0.417 e. The fourth-order valence-corrected chi connectivity index (χ4v) is 1.73. The highest BCUT2D eigenvalue weighted by atomic mass is 19.4. The van der Waals surface area contributed by atoms with Gasteiger partial charge in [-0.15, -0.1) is 0 Å². The summed E-state index contributed by atoms with van der Waals surface area (Å²) in [5, 5.41) is 0. The van der Waals surface area contributed by atoms with Gasteiger partial charge in [0.05, 0.1) is 17.4 Å². The summed E-state index contributed by atoms with van der Waals surface area (Å²) in [5.41, 5.74) is -0.103. The minimum Gasteiger partial charge on any atom is -0.370 e. The van der Waals surface area contributed by atoms with Crippen molar-refractivity contribution in [1.82, 2.24) is 4.98 Å². The van der Waals surface area contributed by atoms with Gasteiger partial charge >= 0.3 is 6.18 Å². The Morgan fingerprint density at radius 1 is 1.13 bits per heavy atom. The minimum absolute atomic E-state index is 0.572. The van der Waals surface area contributed by atoms with Crippen LogP contribution in [0.3, 0.4) is 0 Å². The van der Waals surface area contributed by atoms with Crippen LogP contribution in [0.4, 0.5) is 18.9 Å². The predicted molar refractivity (Wildman–Crippen MR) is 50.7 cm³/mol. The second-order valence-corrected chi connectivity index (χ2v) is 3.62. The van der Waals surface area contributed by atoms with Gasteiger partial charge in [0.15, 0.2) is 0 Å². The number of nitrogens with zero attached hydrogens (tertiary/aromatic N) is 2. The third-order valence-electron chi connectivity index (χ3n) is 2.52. The van der Waals surface area contributed by atoms with Gasteiger partial charge in [-0.2, -0.15) is 13.2 Å². The first-order chi connectivity index (χ1) is 7.07. The molecule has 1 aromatic rings. The van der Waals surface area contributed by atoms with Gasteiger partial charge in [-0.05, 0) is 18.9 Å². The number of rotatable bonds is 1. The lowest BCUT2D eigenvalue weighted by Gasteiger charge is -2.18. The van der Waals surface area contributed by atoms with Crippen molar-refractivity contribution in [2.45, 2.75) is 19.0 Å². The highest BCUT2D eigenvalue weighted by Crippen LogP contribution is 2.31. The van der Waals surface area contributed by atoms with Crippen molar-refractivity contribution in [1.29, 1.82) is 0 Å². The number of hydrogen-bond donors (Lipinski definition) is 0. The lowest BCUT2D eigenvalue weighted by Crippen LogP contribution is -2.18. The highest BCUT2D eigenvalue weighted by molar-refractivity contribution is 5.47. The molecular formula is C10H11F3N2. The Kier molecular flexibility index (Phi) is 2.54. The molecule has 2 nitrogen and oxygen atoms in total. The van der Waals surface area contributed by atoms with Gasteiger partial charge < -0.3 is 4.90 Å². The number of alkyl halides is 3. The number of halogens is 3. The summed E-state index contributed by atoms with van der Waals surface area (Å²) in [6.45, 7) is 1.64. The van der Waals surface area contributed by atoms with Gasteiger partial charge in [0.25, 0.3) is 0 Å². The van der Waals surface area contributed by atoms with Crippen LogP contribution in [0.2, 0.25) is 0 Å². The topological polar surface area (TPSA) is 16.1 Å². The van der Waals surface area contributed by atoms with Crippen LogP contribution in [0, 0.1) is 0 Å². The van der Waals surface area contributed by atoms with Crippen LogP contribution in [0.5, 0.6) is 0 Å². The molecule has 0 bridgehead atoms. The Hall–Kier alpha value is -1.26. The average molecular weight is 216 g/mol. The molecule has 0 saturated carbocycles. The van der Waals surface area contributed by atoms with Crippen molar-refractivity contribution in [2.75, 3.05) is 18.0 Å². The molecule has 2 rings (SSSR count). The van der Waals surface area contributed by atoms with E-state index in [1.54, 1.807) is 0 Å². The summed E-state index contributed by atoms with van der Waals surface area (Å²) in [4.78, 5) is 5.57. The van der Waals surface area contributed by atoms with Crippen LogP contribution in [-0.2, 0) is 6.18 Å². The van der Waals surface area contributed by atoms with Crippen molar-refractivity contribution >= 4 is 5.69 Å². The normalized spacial score (nSPS) is 17.1. The van der Waals surface area contributed by atoms with Crippen molar-refractivity contribution in [2.24, 2.45) is 0 Å². The molecule has 0 radical (unpaired) electrons. The Morgan fingerprint density at radius 2 is 1.80 bits per heavy atom. The number of anilines is 1. The third-order valence-corrected chi connectivity index (χ3v) is 2.52. The zero-order valence-electron chi connectivity index (χ0n) is 8.09. The molecule has 1 aliphatic rings. The van der Waals surface area contributed by atoms with Gasteiger partial charge in [-0.1, -0.05) is 0 Å². The van der Waals surface area contributed by atoms with E-state index in [9.17, 15) is 13.2 Å². The molecular weight excluding hydrogens is 205 g/mol. The van der Waals surface area contributed by atoms with Crippen molar-refractivity contribution in [3.8, 4) is 0 Å². The van der Waals surface area contributed by atoms with Crippen LogP contribution >= 0.6 is 0 Å². The van der Waals surface area contributed by atoms with Gasteiger partial charge in [-0.25, -0.2) is 0 Å². The van der Waals surface area contributed by atoms with E-state index in [2.05, 4.69) is 4.98 Å². The lowest BCUT2D eigenvalue weighted by atomic mass is 10.2. The van der Waals surface area contributed by atoms with Gasteiger partial charge in [0.2, 0.25) is 0 Å². The summed E-state index contributed by atoms with van der Waals surface area (Å²) >= 11 is 0. The summed E-state index contributed by atoms with van der Waals surface area (Å²) in [5.74, 6) is 0. The van der Waals surface area contributed by atoms with E-state index < -0.39 is 11.7 Å². The monoisotopic (exact) mass is 216 g/mol. The lowest BCUT2D eigenvalue weighted by molar-refractivity contribution is -0.137. The van der Waals surface area contributed by atoms with E-state index in [1.165, 1.54) is 6.20 Å². The molecule has 0 aromatic carbocycles. The number of aromatic nitrogens is 1. The summed E-state index contributed by atoms with van der Waals surface area (Å²) in [6, 6.07) is 1.16. The largest absolute Gasteiger partial charge is 0.417 e. The van der Waals surface area contributed by atoms with Crippen LogP contribution < -0.4 is 4.90 Å². The van der Waals surface area contributed by atoms with Gasteiger partial charge in [0, 0.05) is 19.3 Å². The second kappa shape index (κ2) is 3.72. The molecule has 0 N–H and O–H groups in total. The van der Waals surface area contributed by atoms with Crippen molar-refractivity contribution < 1.29 is 13.2 Å². The molecule has 1 fully saturated rings. The number of pyridine rings is 1. The van der Waals surface area contributed by atoms with E-state index in [1.807, 2.05) is 4.90 Å². The molecule has 0 amide bonds. The molecule has 5 heteroatoms. The minimum atomic E-state index is -4.30.